The number of aromatic nitrogens is 2. The summed E-state index contributed by atoms with van der Waals surface area (Å²) in [5.74, 6) is -0.186. The summed E-state index contributed by atoms with van der Waals surface area (Å²) < 4.78 is 1.83. The van der Waals surface area contributed by atoms with Gasteiger partial charge in [-0.25, -0.2) is 0 Å². The summed E-state index contributed by atoms with van der Waals surface area (Å²) in [5.41, 5.74) is 3.08. The van der Waals surface area contributed by atoms with Crippen LogP contribution in [0.1, 0.15) is 11.4 Å². The number of halogens is 1. The fourth-order valence-corrected chi connectivity index (χ4v) is 2.81. The highest BCUT2D eigenvalue weighted by Crippen LogP contribution is 2.20. The van der Waals surface area contributed by atoms with E-state index in [0.29, 0.717) is 25.3 Å². The van der Waals surface area contributed by atoms with Gasteiger partial charge in [-0.1, -0.05) is 18.2 Å². The first-order valence-electron chi connectivity index (χ1n) is 8.24. The van der Waals surface area contributed by atoms with Crippen molar-refractivity contribution in [1.82, 2.24) is 14.9 Å². The monoisotopic (exact) mass is 374 g/mol. The van der Waals surface area contributed by atoms with Gasteiger partial charge in [0, 0.05) is 55.7 Å². The summed E-state index contributed by atoms with van der Waals surface area (Å²) in [6.45, 7) is 3.69. The van der Waals surface area contributed by atoms with E-state index >= 15 is 0 Å². The van der Waals surface area contributed by atoms with Crippen LogP contribution in [0.4, 0.5) is 5.69 Å². The highest BCUT2D eigenvalue weighted by molar-refractivity contribution is 5.90. The van der Waals surface area contributed by atoms with Gasteiger partial charge in [0.05, 0.1) is 11.2 Å². The number of pyridine rings is 2. The Kier molecular flexibility index (Phi) is 6.60. The highest BCUT2D eigenvalue weighted by atomic mass is 35.5. The quantitative estimate of drug-likeness (QED) is 0.578. The summed E-state index contributed by atoms with van der Waals surface area (Å²) in [6, 6.07) is 11.4. The maximum absolute atomic E-state index is 11.7. The van der Waals surface area contributed by atoms with Crippen molar-refractivity contribution in [3.63, 3.8) is 0 Å². The molecule has 0 spiro atoms. The van der Waals surface area contributed by atoms with Crippen molar-refractivity contribution in [1.29, 1.82) is 0 Å². The maximum atomic E-state index is 11.7. The minimum atomic E-state index is -0.339. The smallest absolute Gasteiger partial charge is 0.223 e. The Morgan fingerprint density at radius 1 is 1.19 bits per heavy atom. The van der Waals surface area contributed by atoms with Crippen molar-refractivity contribution in [2.24, 2.45) is 7.05 Å². The molecule has 26 heavy (non-hydrogen) atoms. The molecule has 3 N–H and O–H groups in total. The van der Waals surface area contributed by atoms with E-state index in [9.17, 15) is 9.90 Å². The summed E-state index contributed by atoms with van der Waals surface area (Å²) in [7, 11) is 1.84. The summed E-state index contributed by atoms with van der Waals surface area (Å²) in [4.78, 5) is 16.0. The molecule has 7 heteroatoms. The summed E-state index contributed by atoms with van der Waals surface area (Å²) in [6.07, 6.45) is 1.79. The second-order valence-corrected chi connectivity index (χ2v) is 5.98. The SMILES string of the molecule is Cc1cc(=O)c(O)c(CNCCNc2ccnc3ccccc23)n1C.Cl. The second-order valence-electron chi connectivity index (χ2n) is 5.98. The average Bonchev–Trinajstić information content (AvgIpc) is 2.62. The lowest BCUT2D eigenvalue weighted by atomic mass is 10.2. The van der Waals surface area contributed by atoms with Crippen molar-refractivity contribution in [2.75, 3.05) is 18.4 Å². The molecule has 2 aromatic heterocycles. The van der Waals surface area contributed by atoms with E-state index in [2.05, 4.69) is 15.6 Å². The first-order chi connectivity index (χ1) is 12.1. The molecule has 0 atom stereocenters. The van der Waals surface area contributed by atoms with Crippen LogP contribution < -0.4 is 16.1 Å². The van der Waals surface area contributed by atoms with Crippen LogP contribution in [0.3, 0.4) is 0 Å². The molecule has 0 unspecified atom stereocenters. The normalized spacial score (nSPS) is 10.5. The third-order valence-electron chi connectivity index (χ3n) is 4.34. The lowest BCUT2D eigenvalue weighted by molar-refractivity contribution is 0.446. The average molecular weight is 375 g/mol. The van der Waals surface area contributed by atoms with Gasteiger partial charge in [0.2, 0.25) is 5.43 Å². The molecule has 0 saturated carbocycles. The van der Waals surface area contributed by atoms with Crippen LogP contribution in [0, 0.1) is 6.92 Å². The van der Waals surface area contributed by atoms with E-state index in [4.69, 9.17) is 0 Å². The predicted octanol–water partition coefficient (Wildman–Crippen LogP) is 2.57. The molecule has 1 aromatic carbocycles. The lowest BCUT2D eigenvalue weighted by Gasteiger charge is -2.15. The Bertz CT molecular complexity index is 951. The molecular formula is C19H23ClN4O2. The van der Waals surface area contributed by atoms with Gasteiger partial charge in [-0.05, 0) is 19.1 Å². The molecule has 3 aromatic rings. The Morgan fingerprint density at radius 3 is 2.77 bits per heavy atom. The molecule has 2 heterocycles. The van der Waals surface area contributed by atoms with Crippen LogP contribution in [0.5, 0.6) is 5.75 Å². The van der Waals surface area contributed by atoms with Crippen molar-refractivity contribution >= 4 is 29.0 Å². The highest BCUT2D eigenvalue weighted by Gasteiger charge is 2.10. The van der Waals surface area contributed by atoms with E-state index in [1.807, 2.05) is 48.9 Å². The van der Waals surface area contributed by atoms with E-state index in [1.165, 1.54) is 6.07 Å². The number of rotatable bonds is 6. The maximum Gasteiger partial charge on any atom is 0.223 e. The van der Waals surface area contributed by atoms with Gasteiger partial charge >= 0.3 is 0 Å². The molecule has 0 bridgehead atoms. The number of nitrogens with zero attached hydrogens (tertiary/aromatic N) is 2. The molecule has 0 radical (unpaired) electrons. The van der Waals surface area contributed by atoms with Gasteiger partial charge < -0.3 is 20.3 Å². The second kappa shape index (κ2) is 8.69. The Labute approximate surface area is 158 Å². The van der Waals surface area contributed by atoms with Crippen LogP contribution in [-0.4, -0.2) is 27.7 Å². The first-order valence-corrected chi connectivity index (χ1v) is 8.24. The number of fused-ring (bicyclic) bond motifs is 1. The Balaban J connectivity index is 0.00000243. The molecule has 6 nitrogen and oxygen atoms in total. The van der Waals surface area contributed by atoms with E-state index in [0.717, 1.165) is 22.3 Å². The van der Waals surface area contributed by atoms with Crippen LogP contribution in [-0.2, 0) is 13.6 Å². The third kappa shape index (κ3) is 4.15. The lowest BCUT2D eigenvalue weighted by Crippen LogP contribution is -2.25. The van der Waals surface area contributed by atoms with Gasteiger partial charge in [-0.2, -0.15) is 0 Å². The van der Waals surface area contributed by atoms with Gasteiger partial charge in [-0.15, -0.1) is 12.4 Å². The number of para-hydroxylation sites is 1. The molecule has 0 aliphatic carbocycles. The molecule has 0 aliphatic rings. The molecule has 0 fully saturated rings. The van der Waals surface area contributed by atoms with Gasteiger partial charge in [0.25, 0.3) is 0 Å². The molecular weight excluding hydrogens is 352 g/mol. The first kappa shape index (κ1) is 19.8. The van der Waals surface area contributed by atoms with Crippen molar-refractivity contribution < 1.29 is 5.11 Å². The number of aryl methyl sites for hydroxylation is 1. The standard InChI is InChI=1S/C19H22N4O2.ClH/c1-13-11-18(24)19(25)17(23(13)2)12-20-9-10-22-16-7-8-21-15-6-4-3-5-14(15)16;/h3-8,11,20,25H,9-10,12H2,1-2H3,(H,21,22);1H. The van der Waals surface area contributed by atoms with Crippen molar-refractivity contribution in [3.05, 3.63) is 64.2 Å². The number of benzene rings is 1. The number of aromatic hydroxyl groups is 1. The van der Waals surface area contributed by atoms with Crippen molar-refractivity contribution in [2.45, 2.75) is 13.5 Å². The number of hydrogen-bond donors (Lipinski definition) is 3. The number of hydrogen-bond acceptors (Lipinski definition) is 5. The van der Waals surface area contributed by atoms with Crippen LogP contribution in [0.15, 0.2) is 47.4 Å². The van der Waals surface area contributed by atoms with E-state index in [1.54, 1.807) is 6.20 Å². The van der Waals surface area contributed by atoms with Gasteiger partial charge in [0.1, 0.15) is 0 Å². The number of anilines is 1. The Morgan fingerprint density at radius 2 is 1.96 bits per heavy atom. The minimum Gasteiger partial charge on any atom is -0.503 e. The van der Waals surface area contributed by atoms with E-state index in [-0.39, 0.29) is 23.6 Å². The summed E-state index contributed by atoms with van der Waals surface area (Å²) in [5, 5.41) is 17.7. The third-order valence-corrected chi connectivity index (χ3v) is 4.34. The summed E-state index contributed by atoms with van der Waals surface area (Å²) >= 11 is 0. The Hall–Kier alpha value is -2.57. The molecule has 0 amide bonds. The van der Waals surface area contributed by atoms with Crippen LogP contribution in [0.25, 0.3) is 10.9 Å². The molecule has 0 aliphatic heterocycles. The van der Waals surface area contributed by atoms with Gasteiger partial charge in [-0.3, -0.25) is 9.78 Å². The van der Waals surface area contributed by atoms with Gasteiger partial charge in [0.15, 0.2) is 5.75 Å². The minimum absolute atomic E-state index is 0. The largest absolute Gasteiger partial charge is 0.503 e. The fraction of sp³-hybridized carbons (Fsp3) is 0.263. The zero-order valence-corrected chi connectivity index (χ0v) is 15.6. The zero-order chi connectivity index (χ0) is 17.8. The molecule has 0 saturated heterocycles. The predicted molar refractivity (Wildman–Crippen MR) is 107 cm³/mol. The molecule has 3 rings (SSSR count). The molecule has 138 valence electrons. The topological polar surface area (TPSA) is 79.2 Å². The van der Waals surface area contributed by atoms with Crippen LogP contribution in [0.2, 0.25) is 0 Å². The van der Waals surface area contributed by atoms with Crippen molar-refractivity contribution in [3.8, 4) is 5.75 Å². The fourth-order valence-electron chi connectivity index (χ4n) is 2.81. The van der Waals surface area contributed by atoms with Crippen LogP contribution >= 0.6 is 12.4 Å². The number of nitrogens with one attached hydrogen (secondary N) is 2. The zero-order valence-electron chi connectivity index (χ0n) is 14.8. The van der Waals surface area contributed by atoms with E-state index < -0.39 is 0 Å².